The number of para-hydroxylation sites is 1. The Balaban J connectivity index is 1.85. The van der Waals surface area contributed by atoms with Crippen LogP contribution in [0.4, 0.5) is 5.69 Å². The van der Waals surface area contributed by atoms with Crippen LogP contribution in [0.2, 0.25) is 0 Å². The van der Waals surface area contributed by atoms with Crippen molar-refractivity contribution < 1.29 is 4.79 Å². The number of nitriles is 1. The summed E-state index contributed by atoms with van der Waals surface area (Å²) in [5, 5.41) is 15.9. The van der Waals surface area contributed by atoms with E-state index in [9.17, 15) is 9.59 Å². The van der Waals surface area contributed by atoms with Gasteiger partial charge in [0.15, 0.2) is 0 Å². The Hall–Kier alpha value is -3.72. The third-order valence-corrected chi connectivity index (χ3v) is 3.57. The average molecular weight is 330 g/mol. The highest BCUT2D eigenvalue weighted by atomic mass is 16.2. The number of nitrogens with one attached hydrogen (secondary N) is 1. The molecule has 2 aromatic carbocycles. The molecule has 1 aromatic heterocycles. The number of hydrogen-bond acceptors (Lipinski definition) is 4. The summed E-state index contributed by atoms with van der Waals surface area (Å²) in [6.07, 6.45) is 0. The largest absolute Gasteiger partial charge is 0.319 e. The third kappa shape index (κ3) is 3.79. The van der Waals surface area contributed by atoms with Gasteiger partial charge in [-0.05, 0) is 23.8 Å². The smallest absolute Gasteiger partial charge is 0.276 e. The number of benzene rings is 2. The number of aromatic nitrogens is 2. The zero-order valence-corrected chi connectivity index (χ0v) is 13.2. The van der Waals surface area contributed by atoms with Crippen molar-refractivity contribution in [3.63, 3.8) is 0 Å². The highest BCUT2D eigenvalue weighted by Crippen LogP contribution is 2.14. The molecule has 0 aliphatic rings. The topological polar surface area (TPSA) is 87.8 Å². The summed E-state index contributed by atoms with van der Waals surface area (Å²) >= 11 is 0. The number of hydrogen-bond donors (Lipinski definition) is 1. The Morgan fingerprint density at radius 1 is 1.04 bits per heavy atom. The van der Waals surface area contributed by atoms with Crippen molar-refractivity contribution >= 4 is 11.6 Å². The Morgan fingerprint density at radius 2 is 1.76 bits per heavy atom. The Kier molecular flexibility index (Phi) is 4.67. The van der Waals surface area contributed by atoms with Gasteiger partial charge in [-0.1, -0.05) is 42.5 Å². The van der Waals surface area contributed by atoms with Crippen LogP contribution in [0.15, 0.2) is 71.5 Å². The average Bonchev–Trinajstić information content (AvgIpc) is 2.65. The molecule has 0 unspecified atom stereocenters. The van der Waals surface area contributed by atoms with Gasteiger partial charge in [-0.25, -0.2) is 4.68 Å². The Labute approximate surface area is 144 Å². The fraction of sp³-hybridized carbons (Fsp3) is 0.0526. The quantitative estimate of drug-likeness (QED) is 0.796. The SMILES string of the molecule is N#Cc1ccccc1NC(=O)c1ccc(=O)n(Cc2ccccc2)n1. The fourth-order valence-corrected chi connectivity index (χ4v) is 2.32. The van der Waals surface area contributed by atoms with Crippen LogP contribution in [0.1, 0.15) is 21.6 Å². The van der Waals surface area contributed by atoms with Crippen LogP contribution in [0.25, 0.3) is 0 Å². The van der Waals surface area contributed by atoms with E-state index in [4.69, 9.17) is 5.26 Å². The van der Waals surface area contributed by atoms with E-state index in [1.54, 1.807) is 24.3 Å². The van der Waals surface area contributed by atoms with Crippen molar-refractivity contribution in [3.8, 4) is 6.07 Å². The number of amides is 1. The number of rotatable bonds is 4. The van der Waals surface area contributed by atoms with Gasteiger partial charge in [-0.15, -0.1) is 0 Å². The van der Waals surface area contributed by atoms with Gasteiger partial charge in [-0.3, -0.25) is 9.59 Å². The van der Waals surface area contributed by atoms with Crippen molar-refractivity contribution in [2.75, 3.05) is 5.32 Å². The lowest BCUT2D eigenvalue weighted by atomic mass is 10.2. The molecule has 3 rings (SSSR count). The molecule has 0 saturated carbocycles. The molecule has 6 heteroatoms. The van der Waals surface area contributed by atoms with Crippen LogP contribution < -0.4 is 10.9 Å². The van der Waals surface area contributed by atoms with Crippen LogP contribution >= 0.6 is 0 Å². The molecule has 1 heterocycles. The van der Waals surface area contributed by atoms with E-state index >= 15 is 0 Å². The highest BCUT2D eigenvalue weighted by molar-refractivity contribution is 6.03. The van der Waals surface area contributed by atoms with Gasteiger partial charge in [0, 0.05) is 6.07 Å². The predicted molar refractivity (Wildman–Crippen MR) is 93.2 cm³/mol. The standard InChI is InChI=1S/C19H14N4O2/c20-12-15-8-4-5-9-16(15)21-19(25)17-10-11-18(24)23(22-17)13-14-6-2-1-3-7-14/h1-11H,13H2,(H,21,25). The maximum atomic E-state index is 12.4. The minimum absolute atomic E-state index is 0.100. The Morgan fingerprint density at radius 3 is 2.52 bits per heavy atom. The van der Waals surface area contributed by atoms with Crippen molar-refractivity contribution in [2.45, 2.75) is 6.54 Å². The molecular weight excluding hydrogens is 316 g/mol. The molecule has 0 saturated heterocycles. The van der Waals surface area contributed by atoms with Crippen molar-refractivity contribution in [2.24, 2.45) is 0 Å². The fourth-order valence-electron chi connectivity index (χ4n) is 2.32. The molecule has 0 atom stereocenters. The zero-order valence-electron chi connectivity index (χ0n) is 13.2. The van der Waals surface area contributed by atoms with Crippen LogP contribution in [0, 0.1) is 11.3 Å². The van der Waals surface area contributed by atoms with Gasteiger partial charge in [0.2, 0.25) is 0 Å². The van der Waals surface area contributed by atoms with Crippen molar-refractivity contribution in [1.82, 2.24) is 9.78 Å². The summed E-state index contributed by atoms with van der Waals surface area (Å²) in [7, 11) is 0. The molecule has 1 N–H and O–H groups in total. The predicted octanol–water partition coefficient (Wildman–Crippen LogP) is 2.42. The summed E-state index contributed by atoms with van der Waals surface area (Å²) in [5.41, 5.74) is 1.47. The molecule has 0 fully saturated rings. The molecule has 0 bridgehead atoms. The van der Waals surface area contributed by atoms with Gasteiger partial charge in [-0.2, -0.15) is 10.4 Å². The summed E-state index contributed by atoms with van der Waals surface area (Å²) in [6.45, 7) is 0.273. The highest BCUT2D eigenvalue weighted by Gasteiger charge is 2.12. The van der Waals surface area contributed by atoms with Crippen molar-refractivity contribution in [1.29, 1.82) is 5.26 Å². The van der Waals surface area contributed by atoms with Crippen LogP contribution in [-0.4, -0.2) is 15.7 Å². The molecular formula is C19H14N4O2. The van der Waals surface area contributed by atoms with Crippen LogP contribution in [-0.2, 0) is 6.54 Å². The second kappa shape index (κ2) is 7.23. The lowest BCUT2D eigenvalue weighted by molar-refractivity contribution is 0.102. The normalized spacial score (nSPS) is 10.0. The minimum Gasteiger partial charge on any atom is -0.319 e. The van der Waals surface area contributed by atoms with Gasteiger partial charge in [0.25, 0.3) is 11.5 Å². The first-order valence-corrected chi connectivity index (χ1v) is 7.60. The monoisotopic (exact) mass is 330 g/mol. The summed E-state index contributed by atoms with van der Waals surface area (Å²) in [5.74, 6) is -0.482. The number of nitrogens with zero attached hydrogens (tertiary/aromatic N) is 3. The first-order chi connectivity index (χ1) is 12.2. The first-order valence-electron chi connectivity index (χ1n) is 7.60. The summed E-state index contributed by atoms with van der Waals surface area (Å²) < 4.78 is 1.24. The maximum Gasteiger partial charge on any atom is 0.276 e. The first kappa shape index (κ1) is 16.1. The lowest BCUT2D eigenvalue weighted by Crippen LogP contribution is -2.26. The van der Waals surface area contributed by atoms with E-state index in [1.165, 1.54) is 16.8 Å². The molecule has 25 heavy (non-hydrogen) atoms. The van der Waals surface area contributed by atoms with E-state index in [-0.39, 0.29) is 17.8 Å². The van der Waals surface area contributed by atoms with Crippen molar-refractivity contribution in [3.05, 3.63) is 93.9 Å². The van der Waals surface area contributed by atoms with Gasteiger partial charge in [0.1, 0.15) is 11.8 Å². The summed E-state index contributed by atoms with van der Waals surface area (Å²) in [4.78, 5) is 24.4. The minimum atomic E-state index is -0.482. The molecule has 1 amide bonds. The number of anilines is 1. The number of carbonyl (C=O) groups is 1. The van der Waals surface area contributed by atoms with E-state index in [2.05, 4.69) is 10.4 Å². The summed E-state index contributed by atoms with van der Waals surface area (Å²) in [6, 6.07) is 20.8. The maximum absolute atomic E-state index is 12.4. The molecule has 0 aliphatic carbocycles. The van der Waals surface area contributed by atoms with Gasteiger partial charge >= 0.3 is 0 Å². The molecule has 0 spiro atoms. The van der Waals surface area contributed by atoms with Crippen LogP contribution in [0.3, 0.4) is 0 Å². The van der Waals surface area contributed by atoms with E-state index in [0.29, 0.717) is 11.3 Å². The molecule has 0 radical (unpaired) electrons. The molecule has 0 aliphatic heterocycles. The molecule has 3 aromatic rings. The van der Waals surface area contributed by atoms with Crippen LogP contribution in [0.5, 0.6) is 0 Å². The molecule has 6 nitrogen and oxygen atoms in total. The second-order valence-corrected chi connectivity index (χ2v) is 5.31. The zero-order chi connectivity index (χ0) is 17.6. The second-order valence-electron chi connectivity index (χ2n) is 5.31. The number of carbonyl (C=O) groups excluding carboxylic acids is 1. The van der Waals surface area contributed by atoms with E-state index < -0.39 is 5.91 Å². The van der Waals surface area contributed by atoms with E-state index in [1.807, 2.05) is 36.4 Å². The Bertz CT molecular complexity index is 1000. The molecule has 122 valence electrons. The third-order valence-electron chi connectivity index (χ3n) is 3.57. The van der Waals surface area contributed by atoms with E-state index in [0.717, 1.165) is 5.56 Å². The van der Waals surface area contributed by atoms with Gasteiger partial charge < -0.3 is 5.32 Å². The van der Waals surface area contributed by atoms with Gasteiger partial charge in [0.05, 0.1) is 17.8 Å². The lowest BCUT2D eigenvalue weighted by Gasteiger charge is -2.09.